The van der Waals surface area contributed by atoms with Crippen molar-refractivity contribution in [3.05, 3.63) is 91.0 Å². The fourth-order valence-electron chi connectivity index (χ4n) is 2.68. The summed E-state index contributed by atoms with van der Waals surface area (Å²) in [5.41, 5.74) is 5.78. The Balaban J connectivity index is 1.63. The normalized spacial score (nSPS) is 10.9. The van der Waals surface area contributed by atoms with Crippen LogP contribution in [0.2, 0.25) is 10.0 Å². The third-order valence-corrected chi connectivity index (χ3v) is 5.63. The van der Waals surface area contributed by atoms with Crippen LogP contribution in [-0.4, -0.2) is 12.8 Å². The first-order valence-electron chi connectivity index (χ1n) is 9.39. The third kappa shape index (κ3) is 6.52. The summed E-state index contributed by atoms with van der Waals surface area (Å²) in [6.45, 7) is 3.40. The lowest BCUT2D eigenvalue weighted by Crippen LogP contribution is -2.07. The average Bonchev–Trinajstić information content (AvgIpc) is 2.73. The van der Waals surface area contributed by atoms with Crippen LogP contribution >= 0.6 is 45.8 Å². The molecule has 0 aromatic heterocycles. The van der Waals surface area contributed by atoms with Gasteiger partial charge in [0.15, 0.2) is 11.5 Å². The molecular weight excluding hydrogens is 534 g/mol. The maximum absolute atomic E-state index is 6.17. The molecule has 3 aromatic carbocycles. The van der Waals surface area contributed by atoms with Crippen LogP contribution in [0.15, 0.2) is 65.8 Å². The molecular formula is C23H21Cl2IN2O2. The van der Waals surface area contributed by atoms with Gasteiger partial charge in [0.25, 0.3) is 0 Å². The van der Waals surface area contributed by atoms with Crippen molar-refractivity contribution in [1.29, 1.82) is 0 Å². The van der Waals surface area contributed by atoms with Crippen LogP contribution < -0.4 is 14.9 Å². The average molecular weight is 555 g/mol. The summed E-state index contributed by atoms with van der Waals surface area (Å²) in [7, 11) is 0. The van der Waals surface area contributed by atoms with E-state index in [0.29, 0.717) is 41.3 Å². The predicted octanol–water partition coefficient (Wildman–Crippen LogP) is 6.70. The highest BCUT2D eigenvalue weighted by Crippen LogP contribution is 2.29. The second kappa shape index (κ2) is 11.4. The van der Waals surface area contributed by atoms with Crippen LogP contribution in [-0.2, 0) is 13.2 Å². The van der Waals surface area contributed by atoms with Gasteiger partial charge in [-0.05, 0) is 83.1 Å². The molecule has 4 nitrogen and oxygen atoms in total. The Hall–Kier alpha value is -1.96. The zero-order valence-corrected chi connectivity index (χ0v) is 20.0. The van der Waals surface area contributed by atoms with Gasteiger partial charge in [-0.15, -0.1) is 0 Å². The SMILES string of the molecule is CCOc1cc(/C=N/NCc2c(Cl)cccc2Cl)ccc1OCc1ccc(I)cc1. The molecule has 0 saturated heterocycles. The molecule has 0 fully saturated rings. The van der Waals surface area contributed by atoms with Gasteiger partial charge in [0, 0.05) is 19.2 Å². The van der Waals surface area contributed by atoms with Gasteiger partial charge in [-0.3, -0.25) is 0 Å². The maximum Gasteiger partial charge on any atom is 0.161 e. The summed E-state index contributed by atoms with van der Waals surface area (Å²) in [4.78, 5) is 0. The van der Waals surface area contributed by atoms with Crippen molar-refractivity contribution in [2.24, 2.45) is 5.10 Å². The summed E-state index contributed by atoms with van der Waals surface area (Å²) in [6, 6.07) is 19.4. The molecule has 0 saturated carbocycles. The van der Waals surface area contributed by atoms with Crippen molar-refractivity contribution in [2.75, 3.05) is 6.61 Å². The first-order chi connectivity index (χ1) is 14.6. The Morgan fingerprint density at radius 3 is 2.40 bits per heavy atom. The molecule has 3 aromatic rings. The quantitative estimate of drug-likeness (QED) is 0.182. The number of rotatable bonds is 9. The Bertz CT molecular complexity index is 990. The molecule has 0 atom stereocenters. The molecule has 0 heterocycles. The summed E-state index contributed by atoms with van der Waals surface area (Å²) in [6.07, 6.45) is 1.72. The highest BCUT2D eigenvalue weighted by atomic mass is 127. The van der Waals surface area contributed by atoms with E-state index in [1.807, 2.05) is 31.2 Å². The number of nitrogens with one attached hydrogen (secondary N) is 1. The van der Waals surface area contributed by atoms with Crippen molar-refractivity contribution in [3.8, 4) is 11.5 Å². The largest absolute Gasteiger partial charge is 0.490 e. The van der Waals surface area contributed by atoms with Gasteiger partial charge < -0.3 is 14.9 Å². The zero-order valence-electron chi connectivity index (χ0n) is 16.4. The van der Waals surface area contributed by atoms with E-state index in [2.05, 4.69) is 57.4 Å². The van der Waals surface area contributed by atoms with Crippen molar-refractivity contribution in [3.63, 3.8) is 0 Å². The number of nitrogens with zero attached hydrogens (tertiary/aromatic N) is 1. The smallest absolute Gasteiger partial charge is 0.161 e. The van der Waals surface area contributed by atoms with Crippen molar-refractivity contribution in [1.82, 2.24) is 5.43 Å². The minimum absolute atomic E-state index is 0.435. The molecule has 0 radical (unpaired) electrons. The molecule has 0 unspecified atom stereocenters. The molecule has 0 amide bonds. The molecule has 0 spiro atoms. The summed E-state index contributed by atoms with van der Waals surface area (Å²) < 4.78 is 12.9. The van der Waals surface area contributed by atoms with Crippen LogP contribution in [0.1, 0.15) is 23.6 Å². The second-order valence-corrected chi connectivity index (χ2v) is 8.41. The van der Waals surface area contributed by atoms with Crippen LogP contribution in [0, 0.1) is 3.57 Å². The van der Waals surface area contributed by atoms with E-state index < -0.39 is 0 Å². The lowest BCUT2D eigenvalue weighted by atomic mass is 10.2. The Morgan fingerprint density at radius 1 is 0.967 bits per heavy atom. The van der Waals surface area contributed by atoms with E-state index in [0.717, 1.165) is 16.7 Å². The minimum Gasteiger partial charge on any atom is -0.490 e. The first kappa shape index (κ1) is 22.7. The van der Waals surface area contributed by atoms with Gasteiger partial charge in [-0.1, -0.05) is 41.4 Å². The van der Waals surface area contributed by atoms with E-state index in [1.54, 1.807) is 18.3 Å². The van der Waals surface area contributed by atoms with Crippen molar-refractivity contribution in [2.45, 2.75) is 20.1 Å². The van der Waals surface area contributed by atoms with E-state index >= 15 is 0 Å². The third-order valence-electron chi connectivity index (χ3n) is 4.20. The molecule has 156 valence electrons. The maximum atomic E-state index is 6.17. The number of ether oxygens (including phenoxy) is 2. The van der Waals surface area contributed by atoms with Gasteiger partial charge in [-0.2, -0.15) is 5.10 Å². The summed E-state index contributed by atoms with van der Waals surface area (Å²) in [5.74, 6) is 1.38. The van der Waals surface area contributed by atoms with E-state index in [-0.39, 0.29) is 0 Å². The molecule has 0 aliphatic rings. The topological polar surface area (TPSA) is 42.8 Å². The Morgan fingerprint density at radius 2 is 1.70 bits per heavy atom. The number of hydrogen-bond donors (Lipinski definition) is 1. The van der Waals surface area contributed by atoms with Crippen LogP contribution in [0.4, 0.5) is 0 Å². The molecule has 7 heteroatoms. The summed E-state index contributed by atoms with van der Waals surface area (Å²) in [5, 5.41) is 5.48. The lowest BCUT2D eigenvalue weighted by molar-refractivity contribution is 0.269. The van der Waals surface area contributed by atoms with Gasteiger partial charge in [0.05, 0.1) is 19.4 Å². The van der Waals surface area contributed by atoms with Crippen LogP contribution in [0.5, 0.6) is 11.5 Å². The van der Waals surface area contributed by atoms with Crippen LogP contribution in [0.25, 0.3) is 0 Å². The van der Waals surface area contributed by atoms with E-state index in [4.69, 9.17) is 32.7 Å². The lowest BCUT2D eigenvalue weighted by Gasteiger charge is -2.13. The zero-order chi connectivity index (χ0) is 21.3. The standard InChI is InChI=1S/C23H21Cl2IN2O2/c1-2-29-23-12-17(13-27-28-14-19-20(24)4-3-5-21(19)25)8-11-22(23)30-15-16-6-9-18(26)10-7-16/h3-13,28H,2,14-15H2,1H3/b27-13+. The fourth-order valence-corrected chi connectivity index (χ4v) is 3.57. The second-order valence-electron chi connectivity index (χ2n) is 6.35. The van der Waals surface area contributed by atoms with Crippen LogP contribution in [0.3, 0.4) is 0 Å². The molecule has 1 N–H and O–H groups in total. The predicted molar refractivity (Wildman–Crippen MR) is 132 cm³/mol. The highest BCUT2D eigenvalue weighted by Gasteiger charge is 2.07. The Kier molecular flexibility index (Phi) is 8.66. The first-order valence-corrected chi connectivity index (χ1v) is 11.2. The fraction of sp³-hybridized carbons (Fsp3) is 0.174. The number of benzene rings is 3. The molecule has 30 heavy (non-hydrogen) atoms. The number of hydrogen-bond acceptors (Lipinski definition) is 4. The van der Waals surface area contributed by atoms with E-state index in [9.17, 15) is 0 Å². The van der Waals surface area contributed by atoms with Gasteiger partial charge in [0.2, 0.25) is 0 Å². The molecule has 0 aliphatic carbocycles. The van der Waals surface area contributed by atoms with E-state index in [1.165, 1.54) is 3.57 Å². The van der Waals surface area contributed by atoms with Gasteiger partial charge in [-0.25, -0.2) is 0 Å². The number of halogens is 3. The van der Waals surface area contributed by atoms with Gasteiger partial charge >= 0.3 is 0 Å². The monoisotopic (exact) mass is 554 g/mol. The summed E-state index contributed by atoms with van der Waals surface area (Å²) >= 11 is 14.6. The highest BCUT2D eigenvalue weighted by molar-refractivity contribution is 14.1. The van der Waals surface area contributed by atoms with Crippen molar-refractivity contribution >= 4 is 52.0 Å². The number of hydrazone groups is 1. The molecule has 0 bridgehead atoms. The van der Waals surface area contributed by atoms with Crippen molar-refractivity contribution < 1.29 is 9.47 Å². The minimum atomic E-state index is 0.435. The molecule has 3 rings (SSSR count). The van der Waals surface area contributed by atoms with Gasteiger partial charge in [0.1, 0.15) is 6.61 Å². The Labute approximate surface area is 200 Å². The molecule has 0 aliphatic heterocycles.